The molecule has 2 heterocycles. The standard InChI is InChI=1S/C15H17N5OS/c1-9-12-13(20(3)19-9)18-15(22-12)17-8-10-4-6-11(7-5-10)14(21)16-2/h4-7H,8H2,1-3H3,(H,16,21)(H,17,18). The number of fused-ring (bicyclic) bond motifs is 1. The van der Waals surface area contributed by atoms with Crippen LogP contribution in [0.25, 0.3) is 10.3 Å². The van der Waals surface area contributed by atoms with Gasteiger partial charge >= 0.3 is 0 Å². The second kappa shape index (κ2) is 5.76. The van der Waals surface area contributed by atoms with Gasteiger partial charge in [0.1, 0.15) is 0 Å². The third kappa shape index (κ3) is 2.67. The van der Waals surface area contributed by atoms with E-state index in [2.05, 4.69) is 20.7 Å². The van der Waals surface area contributed by atoms with Crippen LogP contribution in [0.15, 0.2) is 24.3 Å². The van der Waals surface area contributed by atoms with Crippen LogP contribution < -0.4 is 10.6 Å². The molecule has 1 amide bonds. The van der Waals surface area contributed by atoms with Crippen LogP contribution in [0.5, 0.6) is 0 Å². The predicted octanol–water partition coefficient (Wildman–Crippen LogP) is 2.31. The van der Waals surface area contributed by atoms with E-state index in [4.69, 9.17) is 0 Å². The van der Waals surface area contributed by atoms with Gasteiger partial charge in [-0.1, -0.05) is 23.5 Å². The van der Waals surface area contributed by atoms with E-state index in [-0.39, 0.29) is 5.91 Å². The first-order valence-electron chi connectivity index (χ1n) is 6.93. The number of aryl methyl sites for hydroxylation is 2. The fourth-order valence-corrected chi connectivity index (χ4v) is 3.18. The van der Waals surface area contributed by atoms with Crippen LogP contribution in [-0.2, 0) is 13.6 Å². The van der Waals surface area contributed by atoms with Crippen molar-refractivity contribution >= 4 is 32.7 Å². The minimum absolute atomic E-state index is 0.0753. The maximum atomic E-state index is 11.5. The summed E-state index contributed by atoms with van der Waals surface area (Å²) in [6.45, 7) is 2.65. The zero-order valence-corrected chi connectivity index (χ0v) is 13.5. The SMILES string of the molecule is CNC(=O)c1ccc(CNc2nc3c(s2)c(C)nn3C)cc1. The fraction of sp³-hybridized carbons (Fsp3) is 0.267. The molecule has 0 aliphatic heterocycles. The Bertz CT molecular complexity index is 784. The molecule has 0 aliphatic carbocycles. The molecule has 114 valence electrons. The Hall–Kier alpha value is -2.41. The number of nitrogens with zero attached hydrogens (tertiary/aromatic N) is 3. The molecule has 0 saturated heterocycles. The maximum Gasteiger partial charge on any atom is 0.251 e. The summed E-state index contributed by atoms with van der Waals surface area (Å²) in [7, 11) is 3.53. The fourth-order valence-electron chi connectivity index (χ4n) is 2.26. The van der Waals surface area contributed by atoms with Crippen LogP contribution in [0.2, 0.25) is 0 Å². The molecule has 3 rings (SSSR count). The summed E-state index contributed by atoms with van der Waals surface area (Å²) in [6.07, 6.45) is 0. The maximum absolute atomic E-state index is 11.5. The van der Waals surface area contributed by atoms with E-state index in [0.717, 1.165) is 26.7 Å². The van der Waals surface area contributed by atoms with Gasteiger partial charge in [-0.3, -0.25) is 4.79 Å². The van der Waals surface area contributed by atoms with Crippen molar-refractivity contribution in [3.63, 3.8) is 0 Å². The number of aromatic nitrogens is 3. The number of hydrogen-bond acceptors (Lipinski definition) is 5. The van der Waals surface area contributed by atoms with Gasteiger partial charge < -0.3 is 10.6 Å². The van der Waals surface area contributed by atoms with Gasteiger partial charge in [-0.05, 0) is 24.6 Å². The first-order valence-corrected chi connectivity index (χ1v) is 7.75. The number of thiazole rings is 1. The van der Waals surface area contributed by atoms with E-state index in [1.807, 2.05) is 38.2 Å². The van der Waals surface area contributed by atoms with E-state index in [9.17, 15) is 4.79 Å². The quantitative estimate of drug-likeness (QED) is 0.775. The van der Waals surface area contributed by atoms with Crippen LogP contribution in [0, 0.1) is 6.92 Å². The summed E-state index contributed by atoms with van der Waals surface area (Å²) in [5.74, 6) is -0.0753. The summed E-state index contributed by atoms with van der Waals surface area (Å²) in [6, 6.07) is 7.53. The zero-order chi connectivity index (χ0) is 15.7. The van der Waals surface area contributed by atoms with Crippen molar-refractivity contribution in [2.45, 2.75) is 13.5 Å². The third-order valence-electron chi connectivity index (χ3n) is 3.43. The lowest BCUT2D eigenvalue weighted by atomic mass is 10.1. The van der Waals surface area contributed by atoms with E-state index in [1.54, 1.807) is 23.1 Å². The van der Waals surface area contributed by atoms with Crippen LogP contribution >= 0.6 is 11.3 Å². The molecule has 22 heavy (non-hydrogen) atoms. The Kier molecular flexibility index (Phi) is 3.81. The van der Waals surface area contributed by atoms with Crippen molar-refractivity contribution in [2.75, 3.05) is 12.4 Å². The van der Waals surface area contributed by atoms with Crippen molar-refractivity contribution in [1.82, 2.24) is 20.1 Å². The normalized spacial score (nSPS) is 10.9. The summed E-state index contributed by atoms with van der Waals surface area (Å²) < 4.78 is 2.91. The number of hydrogen-bond donors (Lipinski definition) is 2. The smallest absolute Gasteiger partial charge is 0.251 e. The van der Waals surface area contributed by atoms with Gasteiger partial charge in [-0.2, -0.15) is 5.10 Å². The van der Waals surface area contributed by atoms with E-state index >= 15 is 0 Å². The lowest BCUT2D eigenvalue weighted by Gasteiger charge is -2.04. The molecule has 0 bridgehead atoms. The van der Waals surface area contributed by atoms with E-state index < -0.39 is 0 Å². The number of amides is 1. The molecule has 7 heteroatoms. The van der Waals surface area contributed by atoms with Crippen molar-refractivity contribution < 1.29 is 4.79 Å². The molecular weight excluding hydrogens is 298 g/mol. The average Bonchev–Trinajstić information content (AvgIpc) is 3.07. The number of nitrogens with one attached hydrogen (secondary N) is 2. The summed E-state index contributed by atoms with van der Waals surface area (Å²) >= 11 is 1.61. The van der Waals surface area contributed by atoms with Crippen molar-refractivity contribution in [2.24, 2.45) is 7.05 Å². The summed E-state index contributed by atoms with van der Waals surface area (Å²) in [5, 5.41) is 11.1. The highest BCUT2D eigenvalue weighted by Gasteiger charge is 2.11. The number of anilines is 1. The number of benzene rings is 1. The first-order chi connectivity index (χ1) is 10.6. The summed E-state index contributed by atoms with van der Waals surface area (Å²) in [4.78, 5) is 16.0. The van der Waals surface area contributed by atoms with Crippen molar-refractivity contribution in [3.05, 3.63) is 41.1 Å². The Morgan fingerprint density at radius 2 is 2.05 bits per heavy atom. The zero-order valence-electron chi connectivity index (χ0n) is 12.7. The molecule has 0 atom stereocenters. The molecule has 0 saturated carbocycles. The molecule has 2 aromatic heterocycles. The molecule has 0 fully saturated rings. The highest BCUT2D eigenvalue weighted by molar-refractivity contribution is 7.22. The molecule has 0 spiro atoms. The second-order valence-corrected chi connectivity index (χ2v) is 6.01. The van der Waals surface area contributed by atoms with E-state index in [1.165, 1.54) is 0 Å². The Morgan fingerprint density at radius 3 is 2.68 bits per heavy atom. The molecule has 6 nitrogen and oxygen atoms in total. The molecule has 2 N–H and O–H groups in total. The van der Waals surface area contributed by atoms with Crippen molar-refractivity contribution in [3.8, 4) is 0 Å². The van der Waals surface area contributed by atoms with Crippen LogP contribution in [0.1, 0.15) is 21.6 Å². The minimum atomic E-state index is -0.0753. The van der Waals surface area contributed by atoms with Gasteiger partial charge in [-0.25, -0.2) is 9.67 Å². The third-order valence-corrected chi connectivity index (χ3v) is 4.54. The lowest BCUT2D eigenvalue weighted by molar-refractivity contribution is 0.0963. The largest absolute Gasteiger partial charge is 0.357 e. The Morgan fingerprint density at radius 1 is 1.32 bits per heavy atom. The van der Waals surface area contributed by atoms with Gasteiger partial charge in [0.2, 0.25) is 0 Å². The van der Waals surface area contributed by atoms with E-state index in [0.29, 0.717) is 12.1 Å². The van der Waals surface area contributed by atoms with Gasteiger partial charge in [0.15, 0.2) is 10.8 Å². The number of carbonyl (C=O) groups excluding carboxylic acids is 1. The minimum Gasteiger partial charge on any atom is -0.357 e. The van der Waals surface area contributed by atoms with Crippen LogP contribution in [-0.4, -0.2) is 27.7 Å². The average molecular weight is 315 g/mol. The lowest BCUT2D eigenvalue weighted by Crippen LogP contribution is -2.17. The molecule has 1 aromatic carbocycles. The molecular formula is C15H17N5OS. The topological polar surface area (TPSA) is 71.8 Å². The first kappa shape index (κ1) is 14.5. The molecule has 0 radical (unpaired) electrons. The second-order valence-electron chi connectivity index (χ2n) is 5.01. The van der Waals surface area contributed by atoms with Crippen LogP contribution in [0.3, 0.4) is 0 Å². The molecule has 0 aliphatic rings. The monoisotopic (exact) mass is 315 g/mol. The number of rotatable bonds is 4. The Labute approximate surface area is 132 Å². The predicted molar refractivity (Wildman–Crippen MR) is 88.3 cm³/mol. The van der Waals surface area contributed by atoms with Crippen LogP contribution in [0.4, 0.5) is 5.13 Å². The Balaban J connectivity index is 1.71. The highest BCUT2D eigenvalue weighted by Crippen LogP contribution is 2.28. The molecule has 0 unspecified atom stereocenters. The summed E-state index contributed by atoms with van der Waals surface area (Å²) in [5.41, 5.74) is 3.66. The number of carbonyl (C=O) groups is 1. The van der Waals surface area contributed by atoms with Crippen molar-refractivity contribution in [1.29, 1.82) is 0 Å². The highest BCUT2D eigenvalue weighted by atomic mass is 32.1. The molecule has 3 aromatic rings. The van der Waals surface area contributed by atoms with Gasteiger partial charge in [0.05, 0.1) is 10.4 Å². The van der Waals surface area contributed by atoms with Gasteiger partial charge in [0.25, 0.3) is 5.91 Å². The van der Waals surface area contributed by atoms with Gasteiger partial charge in [0, 0.05) is 26.2 Å². The van der Waals surface area contributed by atoms with Gasteiger partial charge in [-0.15, -0.1) is 0 Å².